The van der Waals surface area contributed by atoms with Crippen molar-refractivity contribution in [2.24, 2.45) is 5.73 Å². The summed E-state index contributed by atoms with van der Waals surface area (Å²) in [5, 5.41) is 3.43. The number of aryl methyl sites for hydroxylation is 1. The van der Waals surface area contributed by atoms with Crippen LogP contribution < -0.4 is 11.1 Å². The molecule has 0 aliphatic carbocycles. The Morgan fingerprint density at radius 2 is 1.90 bits per heavy atom. The quantitative estimate of drug-likeness (QED) is 0.914. The minimum Gasteiger partial charge on any atom is -0.367 e. The highest BCUT2D eigenvalue weighted by Crippen LogP contribution is 2.42. The van der Waals surface area contributed by atoms with Gasteiger partial charge in [-0.25, -0.2) is 0 Å². The zero-order valence-corrected chi connectivity index (χ0v) is 12.7. The Balaban J connectivity index is 2.11. The van der Waals surface area contributed by atoms with Crippen molar-refractivity contribution in [3.05, 3.63) is 59.7 Å². The summed E-state index contributed by atoms with van der Waals surface area (Å²) >= 11 is 1.78. The summed E-state index contributed by atoms with van der Waals surface area (Å²) in [7, 11) is 0. The summed E-state index contributed by atoms with van der Waals surface area (Å²) in [5.41, 5.74) is 8.02. The number of para-hydroxylation sites is 1. The van der Waals surface area contributed by atoms with Crippen molar-refractivity contribution < 1.29 is 4.79 Å². The van der Waals surface area contributed by atoms with E-state index in [1.165, 1.54) is 0 Å². The Bertz CT molecular complexity index is 686. The first kappa shape index (κ1) is 14.0. The standard InChI is InChI=1S/C17H18N2OS/c1-12-6-2-4-8-14(12)19-17(16(18)20)10-11-21-15-9-5-3-7-13(15)17/h2-9,19H,10-11H2,1H3,(H2,18,20). The summed E-state index contributed by atoms with van der Waals surface area (Å²) in [4.78, 5) is 13.4. The molecule has 1 unspecified atom stereocenters. The maximum absolute atomic E-state index is 12.3. The lowest BCUT2D eigenvalue weighted by atomic mass is 9.85. The zero-order valence-electron chi connectivity index (χ0n) is 11.9. The molecule has 0 saturated carbocycles. The Kier molecular flexibility index (Phi) is 3.64. The molecule has 4 heteroatoms. The number of rotatable bonds is 3. The van der Waals surface area contributed by atoms with Gasteiger partial charge in [0.2, 0.25) is 5.91 Å². The number of carbonyl (C=O) groups is 1. The molecule has 3 rings (SSSR count). The van der Waals surface area contributed by atoms with E-state index in [-0.39, 0.29) is 5.91 Å². The van der Waals surface area contributed by atoms with Gasteiger partial charge in [0, 0.05) is 21.9 Å². The number of nitrogens with one attached hydrogen (secondary N) is 1. The molecular weight excluding hydrogens is 280 g/mol. The van der Waals surface area contributed by atoms with Gasteiger partial charge in [-0.2, -0.15) is 0 Å². The Hall–Kier alpha value is -1.94. The van der Waals surface area contributed by atoms with E-state index in [0.29, 0.717) is 6.42 Å². The molecule has 108 valence electrons. The minimum absolute atomic E-state index is 0.321. The summed E-state index contributed by atoms with van der Waals surface area (Å²) in [5.74, 6) is 0.553. The lowest BCUT2D eigenvalue weighted by molar-refractivity contribution is -0.122. The maximum atomic E-state index is 12.3. The third-order valence-electron chi connectivity index (χ3n) is 4.00. The van der Waals surface area contributed by atoms with Gasteiger partial charge in [0.1, 0.15) is 5.54 Å². The molecule has 0 fully saturated rings. The minimum atomic E-state index is -0.825. The lowest BCUT2D eigenvalue weighted by Gasteiger charge is -2.38. The van der Waals surface area contributed by atoms with Crippen LogP contribution in [-0.2, 0) is 10.3 Å². The van der Waals surface area contributed by atoms with Crippen LogP contribution in [0.3, 0.4) is 0 Å². The number of amides is 1. The molecule has 1 aliphatic heterocycles. The fourth-order valence-electron chi connectivity index (χ4n) is 2.78. The summed E-state index contributed by atoms with van der Waals surface area (Å²) < 4.78 is 0. The SMILES string of the molecule is Cc1ccccc1NC1(C(N)=O)CCSc2ccccc21. The molecule has 0 saturated heterocycles. The molecule has 0 radical (unpaired) electrons. The number of thioether (sulfide) groups is 1. The van der Waals surface area contributed by atoms with Crippen LogP contribution >= 0.6 is 11.8 Å². The lowest BCUT2D eigenvalue weighted by Crippen LogP contribution is -2.49. The molecule has 3 N–H and O–H groups in total. The predicted octanol–water partition coefficient (Wildman–Crippen LogP) is 3.28. The molecule has 0 bridgehead atoms. The van der Waals surface area contributed by atoms with Crippen LogP contribution in [0.15, 0.2) is 53.4 Å². The normalized spacial score (nSPS) is 20.6. The second-order valence-corrected chi connectivity index (χ2v) is 6.44. The van der Waals surface area contributed by atoms with Crippen molar-refractivity contribution >= 4 is 23.4 Å². The van der Waals surface area contributed by atoms with Crippen LogP contribution in [0, 0.1) is 6.92 Å². The molecule has 1 aliphatic rings. The van der Waals surface area contributed by atoms with E-state index in [4.69, 9.17) is 5.73 Å². The predicted molar refractivity (Wildman–Crippen MR) is 87.5 cm³/mol. The number of primary amides is 1. The average Bonchev–Trinajstić information content (AvgIpc) is 2.49. The fourth-order valence-corrected chi connectivity index (χ4v) is 3.98. The third-order valence-corrected chi connectivity index (χ3v) is 5.07. The van der Waals surface area contributed by atoms with Gasteiger partial charge in [0.15, 0.2) is 0 Å². The van der Waals surface area contributed by atoms with Gasteiger partial charge in [-0.1, -0.05) is 36.4 Å². The van der Waals surface area contributed by atoms with E-state index >= 15 is 0 Å². The highest BCUT2D eigenvalue weighted by Gasteiger charge is 2.42. The topological polar surface area (TPSA) is 55.1 Å². The van der Waals surface area contributed by atoms with Gasteiger partial charge in [-0.15, -0.1) is 11.8 Å². The van der Waals surface area contributed by atoms with Gasteiger partial charge in [-0.3, -0.25) is 4.79 Å². The van der Waals surface area contributed by atoms with Crippen LogP contribution in [0.1, 0.15) is 17.5 Å². The second-order valence-electron chi connectivity index (χ2n) is 5.30. The molecule has 1 atom stereocenters. The smallest absolute Gasteiger partial charge is 0.247 e. The van der Waals surface area contributed by atoms with Gasteiger partial charge >= 0.3 is 0 Å². The fraction of sp³-hybridized carbons (Fsp3) is 0.235. The molecule has 1 amide bonds. The highest BCUT2D eigenvalue weighted by molar-refractivity contribution is 7.99. The summed E-state index contributed by atoms with van der Waals surface area (Å²) in [6.45, 7) is 2.03. The number of hydrogen-bond acceptors (Lipinski definition) is 3. The van der Waals surface area contributed by atoms with Crippen molar-refractivity contribution in [2.75, 3.05) is 11.1 Å². The number of nitrogens with two attached hydrogens (primary N) is 1. The zero-order chi connectivity index (χ0) is 14.9. The van der Waals surface area contributed by atoms with Crippen LogP contribution in [0.25, 0.3) is 0 Å². The van der Waals surface area contributed by atoms with Crippen LogP contribution in [0.2, 0.25) is 0 Å². The number of anilines is 1. The van der Waals surface area contributed by atoms with Crippen molar-refractivity contribution in [2.45, 2.75) is 23.8 Å². The van der Waals surface area contributed by atoms with E-state index in [9.17, 15) is 4.79 Å². The molecule has 3 nitrogen and oxygen atoms in total. The average molecular weight is 298 g/mol. The van der Waals surface area contributed by atoms with Crippen LogP contribution in [0.5, 0.6) is 0 Å². The Labute approximate surface area is 128 Å². The van der Waals surface area contributed by atoms with Gasteiger partial charge < -0.3 is 11.1 Å². The van der Waals surface area contributed by atoms with Gasteiger partial charge in [0.25, 0.3) is 0 Å². The second kappa shape index (κ2) is 5.45. The van der Waals surface area contributed by atoms with Crippen molar-refractivity contribution in [1.29, 1.82) is 0 Å². The number of fused-ring (bicyclic) bond motifs is 1. The van der Waals surface area contributed by atoms with Crippen molar-refractivity contribution in [1.82, 2.24) is 0 Å². The molecule has 2 aromatic carbocycles. The molecule has 0 spiro atoms. The van der Waals surface area contributed by atoms with Crippen LogP contribution in [0.4, 0.5) is 5.69 Å². The van der Waals surface area contributed by atoms with Crippen molar-refractivity contribution in [3.8, 4) is 0 Å². The van der Waals surface area contributed by atoms with E-state index in [1.807, 2.05) is 49.4 Å². The first-order valence-corrected chi connectivity index (χ1v) is 7.98. The van der Waals surface area contributed by atoms with Crippen LogP contribution in [-0.4, -0.2) is 11.7 Å². The first-order valence-electron chi connectivity index (χ1n) is 6.99. The molecule has 21 heavy (non-hydrogen) atoms. The molecule has 1 heterocycles. The molecular formula is C17H18N2OS. The Morgan fingerprint density at radius 1 is 1.19 bits per heavy atom. The summed E-state index contributed by atoms with van der Waals surface area (Å²) in [6, 6.07) is 16.0. The highest BCUT2D eigenvalue weighted by atomic mass is 32.2. The first-order chi connectivity index (χ1) is 10.1. The number of hydrogen-bond donors (Lipinski definition) is 2. The maximum Gasteiger partial charge on any atom is 0.247 e. The summed E-state index contributed by atoms with van der Waals surface area (Å²) in [6.07, 6.45) is 0.693. The van der Waals surface area contributed by atoms with Crippen molar-refractivity contribution in [3.63, 3.8) is 0 Å². The van der Waals surface area contributed by atoms with Gasteiger partial charge in [-0.05, 0) is 31.0 Å². The van der Waals surface area contributed by atoms with E-state index in [2.05, 4.69) is 11.4 Å². The number of carbonyl (C=O) groups excluding carboxylic acids is 1. The third kappa shape index (κ3) is 2.40. The molecule has 2 aromatic rings. The van der Waals surface area contributed by atoms with E-state index in [1.54, 1.807) is 11.8 Å². The van der Waals surface area contributed by atoms with E-state index < -0.39 is 5.54 Å². The monoisotopic (exact) mass is 298 g/mol. The number of benzene rings is 2. The molecule has 0 aromatic heterocycles. The largest absolute Gasteiger partial charge is 0.367 e. The van der Waals surface area contributed by atoms with Gasteiger partial charge in [0.05, 0.1) is 0 Å². The van der Waals surface area contributed by atoms with E-state index in [0.717, 1.165) is 27.5 Å². The Morgan fingerprint density at radius 3 is 2.67 bits per heavy atom.